The van der Waals surface area contributed by atoms with E-state index < -0.39 is 16.2 Å². The molecule has 0 fully saturated rings. The average Bonchev–Trinajstić information content (AvgIpc) is 2.19. The first-order valence-electron chi connectivity index (χ1n) is 4.77. The Balaban J connectivity index is 3.05. The van der Waals surface area contributed by atoms with Gasteiger partial charge >= 0.3 is 0 Å². The molecule has 1 aromatic carbocycles. The van der Waals surface area contributed by atoms with Gasteiger partial charge in [0.2, 0.25) is 0 Å². The summed E-state index contributed by atoms with van der Waals surface area (Å²) in [5, 5.41) is 0.766. The molecule has 1 aromatic rings. The zero-order chi connectivity index (χ0) is 13.1. The summed E-state index contributed by atoms with van der Waals surface area (Å²) in [6.45, 7) is 3.56. The van der Waals surface area contributed by atoms with Crippen LogP contribution >= 0.6 is 23.2 Å². The van der Waals surface area contributed by atoms with E-state index in [1.54, 1.807) is 24.3 Å². The number of hydrogen-bond acceptors (Lipinski definition) is 3. The lowest BCUT2D eigenvalue weighted by Crippen LogP contribution is -2.10. The van der Waals surface area contributed by atoms with Gasteiger partial charge in [-0.2, -0.15) is 8.42 Å². The second-order valence-electron chi connectivity index (χ2n) is 3.49. The minimum atomic E-state index is -3.54. The summed E-state index contributed by atoms with van der Waals surface area (Å²) in [4.78, 5) is 0. The summed E-state index contributed by atoms with van der Waals surface area (Å²) < 4.78 is 27.2. The SMILES string of the molecule is C=CCC(OS(C)(=O)=O)c1ccc(Cl)c(Cl)c1. The molecule has 0 aliphatic heterocycles. The molecular formula is C11H12Cl2O3S. The van der Waals surface area contributed by atoms with Crippen molar-refractivity contribution in [2.24, 2.45) is 0 Å². The third-order valence-electron chi connectivity index (χ3n) is 1.99. The molecule has 94 valence electrons. The lowest BCUT2D eigenvalue weighted by molar-refractivity contribution is 0.219. The fourth-order valence-corrected chi connectivity index (χ4v) is 2.22. The van der Waals surface area contributed by atoms with Crippen molar-refractivity contribution in [3.63, 3.8) is 0 Å². The van der Waals surface area contributed by atoms with Crippen molar-refractivity contribution in [2.75, 3.05) is 6.26 Å². The molecule has 1 rings (SSSR count). The van der Waals surface area contributed by atoms with E-state index in [1.807, 2.05) is 0 Å². The molecule has 0 spiro atoms. The average molecular weight is 295 g/mol. The molecule has 0 aromatic heterocycles. The van der Waals surface area contributed by atoms with Gasteiger partial charge in [-0.3, -0.25) is 4.18 Å². The van der Waals surface area contributed by atoms with Gasteiger partial charge in [0.05, 0.1) is 16.3 Å². The predicted molar refractivity (Wildman–Crippen MR) is 69.9 cm³/mol. The highest BCUT2D eigenvalue weighted by Crippen LogP contribution is 2.29. The zero-order valence-electron chi connectivity index (χ0n) is 9.19. The van der Waals surface area contributed by atoms with Crippen molar-refractivity contribution >= 4 is 33.3 Å². The Kier molecular flexibility index (Phi) is 5.01. The highest BCUT2D eigenvalue weighted by Gasteiger charge is 2.17. The van der Waals surface area contributed by atoms with E-state index in [0.717, 1.165) is 6.26 Å². The van der Waals surface area contributed by atoms with Crippen LogP contribution in [0.2, 0.25) is 10.0 Å². The van der Waals surface area contributed by atoms with Gasteiger partial charge in [0.1, 0.15) is 6.10 Å². The summed E-state index contributed by atoms with van der Waals surface area (Å²) >= 11 is 11.7. The molecule has 0 N–H and O–H groups in total. The highest BCUT2D eigenvalue weighted by molar-refractivity contribution is 7.86. The standard InChI is InChI=1S/C11H12Cl2O3S/c1-3-4-11(16-17(2,14)15)8-5-6-9(12)10(13)7-8/h3,5-7,11H,1,4H2,2H3. The number of halogens is 2. The van der Waals surface area contributed by atoms with Gasteiger partial charge in [-0.05, 0) is 24.1 Å². The van der Waals surface area contributed by atoms with Gasteiger partial charge in [0, 0.05) is 0 Å². The van der Waals surface area contributed by atoms with Crippen LogP contribution in [0.25, 0.3) is 0 Å². The van der Waals surface area contributed by atoms with Gasteiger partial charge in [-0.1, -0.05) is 35.3 Å². The molecule has 1 unspecified atom stereocenters. The Hall–Kier alpha value is -0.550. The molecule has 0 amide bonds. The van der Waals surface area contributed by atoms with Gasteiger partial charge in [-0.15, -0.1) is 6.58 Å². The molecule has 0 radical (unpaired) electrons. The minimum Gasteiger partial charge on any atom is -0.262 e. The fourth-order valence-electron chi connectivity index (χ4n) is 1.31. The predicted octanol–water partition coefficient (Wildman–Crippen LogP) is 3.59. The monoisotopic (exact) mass is 294 g/mol. The third-order valence-corrected chi connectivity index (χ3v) is 3.31. The minimum absolute atomic E-state index is 0.357. The van der Waals surface area contributed by atoms with E-state index >= 15 is 0 Å². The van der Waals surface area contributed by atoms with Crippen molar-refractivity contribution in [3.05, 3.63) is 46.5 Å². The molecule has 0 heterocycles. The second-order valence-corrected chi connectivity index (χ2v) is 5.90. The van der Waals surface area contributed by atoms with E-state index in [9.17, 15) is 8.42 Å². The summed E-state index contributed by atoms with van der Waals surface area (Å²) in [7, 11) is -3.54. The molecule has 0 saturated heterocycles. The Morgan fingerprint density at radius 2 is 2.06 bits per heavy atom. The van der Waals surface area contributed by atoms with Crippen molar-refractivity contribution in [3.8, 4) is 0 Å². The third kappa shape index (κ3) is 4.68. The van der Waals surface area contributed by atoms with Crippen LogP contribution in [-0.2, 0) is 14.3 Å². The maximum atomic E-state index is 11.1. The molecular weight excluding hydrogens is 283 g/mol. The van der Waals surface area contributed by atoms with Gasteiger partial charge < -0.3 is 0 Å². The quantitative estimate of drug-likeness (QED) is 0.616. The van der Waals surface area contributed by atoms with Crippen molar-refractivity contribution in [1.82, 2.24) is 0 Å². The smallest absolute Gasteiger partial charge is 0.262 e. The molecule has 0 aliphatic rings. The zero-order valence-corrected chi connectivity index (χ0v) is 11.5. The van der Waals surface area contributed by atoms with E-state index in [4.69, 9.17) is 27.4 Å². The van der Waals surface area contributed by atoms with Crippen LogP contribution in [0.5, 0.6) is 0 Å². The molecule has 0 aliphatic carbocycles. The number of hydrogen-bond donors (Lipinski definition) is 0. The first-order chi connectivity index (χ1) is 7.83. The van der Waals surface area contributed by atoms with E-state index in [0.29, 0.717) is 22.0 Å². The highest BCUT2D eigenvalue weighted by atomic mass is 35.5. The topological polar surface area (TPSA) is 43.4 Å². The Morgan fingerprint density at radius 3 is 2.53 bits per heavy atom. The van der Waals surface area contributed by atoms with Crippen LogP contribution in [0.4, 0.5) is 0 Å². The van der Waals surface area contributed by atoms with Crippen molar-refractivity contribution in [1.29, 1.82) is 0 Å². The van der Waals surface area contributed by atoms with Gasteiger partial charge in [0.15, 0.2) is 0 Å². The maximum absolute atomic E-state index is 11.1. The number of rotatable bonds is 5. The van der Waals surface area contributed by atoms with E-state index in [1.165, 1.54) is 0 Å². The molecule has 17 heavy (non-hydrogen) atoms. The fraction of sp³-hybridized carbons (Fsp3) is 0.273. The van der Waals surface area contributed by atoms with Crippen LogP contribution in [0.1, 0.15) is 18.1 Å². The van der Waals surface area contributed by atoms with Crippen LogP contribution in [0, 0.1) is 0 Å². The molecule has 3 nitrogen and oxygen atoms in total. The van der Waals surface area contributed by atoms with E-state index in [-0.39, 0.29) is 0 Å². The van der Waals surface area contributed by atoms with Crippen molar-refractivity contribution < 1.29 is 12.6 Å². The van der Waals surface area contributed by atoms with Crippen LogP contribution in [0.15, 0.2) is 30.9 Å². The van der Waals surface area contributed by atoms with Crippen molar-refractivity contribution in [2.45, 2.75) is 12.5 Å². The first-order valence-corrected chi connectivity index (χ1v) is 7.35. The molecule has 0 saturated carbocycles. The lowest BCUT2D eigenvalue weighted by Gasteiger charge is -2.15. The summed E-state index contributed by atoms with van der Waals surface area (Å²) in [6, 6.07) is 4.86. The lowest BCUT2D eigenvalue weighted by atomic mass is 10.1. The van der Waals surface area contributed by atoms with Crippen LogP contribution in [-0.4, -0.2) is 14.7 Å². The normalized spacial score (nSPS) is 13.4. The largest absolute Gasteiger partial charge is 0.264 e. The summed E-state index contributed by atoms with van der Waals surface area (Å²) in [5.74, 6) is 0. The van der Waals surface area contributed by atoms with Gasteiger partial charge in [0.25, 0.3) is 10.1 Å². The summed E-state index contributed by atoms with van der Waals surface area (Å²) in [5.41, 5.74) is 0.643. The second kappa shape index (κ2) is 5.87. The Morgan fingerprint density at radius 1 is 1.41 bits per heavy atom. The summed E-state index contributed by atoms with van der Waals surface area (Å²) in [6.07, 6.45) is 2.32. The molecule has 0 bridgehead atoms. The van der Waals surface area contributed by atoms with Crippen LogP contribution < -0.4 is 0 Å². The molecule has 6 heteroatoms. The Bertz CT molecular complexity index is 511. The van der Waals surface area contributed by atoms with Crippen LogP contribution in [0.3, 0.4) is 0 Å². The van der Waals surface area contributed by atoms with Gasteiger partial charge in [-0.25, -0.2) is 0 Å². The Labute approximate surface area is 111 Å². The number of benzene rings is 1. The van der Waals surface area contributed by atoms with E-state index in [2.05, 4.69) is 6.58 Å². The first kappa shape index (κ1) is 14.5. The molecule has 1 atom stereocenters. The maximum Gasteiger partial charge on any atom is 0.264 e.